The summed E-state index contributed by atoms with van der Waals surface area (Å²) in [5, 5.41) is 9.45. The molecule has 1 aromatic rings. The molecule has 1 aromatic heterocycles. The molecule has 0 aliphatic heterocycles. The minimum Gasteiger partial charge on any atom is -0.505 e. The van der Waals surface area contributed by atoms with E-state index in [1.165, 1.54) is 6.07 Å². The lowest BCUT2D eigenvalue weighted by molar-refractivity contribution is 0.141. The van der Waals surface area contributed by atoms with Crippen molar-refractivity contribution in [3.63, 3.8) is 0 Å². The molecule has 0 unspecified atom stereocenters. The number of hydrogen-bond donors (Lipinski definition) is 1. The van der Waals surface area contributed by atoms with E-state index in [1.807, 2.05) is 0 Å². The lowest BCUT2D eigenvalue weighted by Gasteiger charge is -2.06. The fraction of sp³-hybridized carbons (Fsp3) is 0.286. The van der Waals surface area contributed by atoms with E-state index in [2.05, 4.69) is 20.9 Å². The van der Waals surface area contributed by atoms with Gasteiger partial charge in [0.2, 0.25) is 0 Å². The van der Waals surface area contributed by atoms with Crippen LogP contribution in [0.2, 0.25) is 5.15 Å². The van der Waals surface area contributed by atoms with Crippen molar-refractivity contribution in [1.82, 2.24) is 4.98 Å². The Kier molecular flexibility index (Phi) is 3.44. The summed E-state index contributed by atoms with van der Waals surface area (Å²) < 4.78 is 24.5. The number of alkyl halides is 3. The maximum Gasteiger partial charge on any atom is 0.284 e. The van der Waals surface area contributed by atoms with Crippen LogP contribution in [-0.4, -0.2) is 10.1 Å². The van der Waals surface area contributed by atoms with Gasteiger partial charge in [-0.15, -0.1) is 0 Å². The summed E-state index contributed by atoms with van der Waals surface area (Å²) >= 11 is 8.50. The third-order valence-electron chi connectivity index (χ3n) is 1.42. The van der Waals surface area contributed by atoms with E-state index >= 15 is 0 Å². The zero-order chi connectivity index (χ0) is 10.0. The van der Waals surface area contributed by atoms with Gasteiger partial charge in [0.25, 0.3) is 6.43 Å². The molecule has 0 aliphatic carbocycles. The molecule has 0 saturated carbocycles. The van der Waals surface area contributed by atoms with Gasteiger partial charge in [0.15, 0.2) is 0 Å². The van der Waals surface area contributed by atoms with Crippen LogP contribution in [0, 0.1) is 0 Å². The monoisotopic (exact) mass is 271 g/mol. The number of hydrogen-bond acceptors (Lipinski definition) is 2. The largest absolute Gasteiger partial charge is 0.505 e. The van der Waals surface area contributed by atoms with Crippen LogP contribution < -0.4 is 0 Å². The molecule has 0 saturated heterocycles. The van der Waals surface area contributed by atoms with Crippen molar-refractivity contribution in [2.45, 2.75) is 11.8 Å². The summed E-state index contributed by atoms with van der Waals surface area (Å²) in [5.41, 5.74) is -0.378. The number of pyridine rings is 1. The highest BCUT2D eigenvalue weighted by Crippen LogP contribution is 2.32. The lowest BCUT2D eigenvalue weighted by Crippen LogP contribution is -1.94. The molecule has 0 aromatic carbocycles. The van der Waals surface area contributed by atoms with Crippen molar-refractivity contribution in [2.75, 3.05) is 0 Å². The zero-order valence-electron chi connectivity index (χ0n) is 6.27. The van der Waals surface area contributed by atoms with Gasteiger partial charge in [0.05, 0.1) is 0 Å². The van der Waals surface area contributed by atoms with Crippen LogP contribution in [-0.2, 0) is 5.33 Å². The SMILES string of the molecule is Oc1c(CBr)cc(Cl)nc1C(F)F. The molecule has 1 N–H and O–H groups in total. The Labute approximate surface area is 86.7 Å². The van der Waals surface area contributed by atoms with Crippen molar-refractivity contribution in [3.8, 4) is 5.75 Å². The van der Waals surface area contributed by atoms with Crippen molar-refractivity contribution in [3.05, 3.63) is 22.5 Å². The van der Waals surface area contributed by atoms with E-state index in [0.29, 0.717) is 5.56 Å². The first kappa shape index (κ1) is 10.7. The minimum atomic E-state index is -2.82. The van der Waals surface area contributed by atoms with Gasteiger partial charge in [-0.25, -0.2) is 13.8 Å². The fourth-order valence-corrected chi connectivity index (χ4v) is 1.48. The Morgan fingerprint density at radius 3 is 2.69 bits per heavy atom. The fourth-order valence-electron chi connectivity index (χ4n) is 0.831. The first-order chi connectivity index (χ1) is 6.06. The smallest absolute Gasteiger partial charge is 0.284 e. The maximum atomic E-state index is 12.2. The predicted octanol–water partition coefficient (Wildman–Crippen LogP) is 3.27. The van der Waals surface area contributed by atoms with Crippen LogP contribution in [0.1, 0.15) is 17.7 Å². The molecule has 1 heterocycles. The first-order valence-electron chi connectivity index (χ1n) is 3.28. The molecule has 0 spiro atoms. The zero-order valence-corrected chi connectivity index (χ0v) is 8.61. The van der Waals surface area contributed by atoms with E-state index < -0.39 is 17.9 Å². The molecule has 2 nitrogen and oxygen atoms in total. The number of aromatic nitrogens is 1. The molecule has 0 fully saturated rings. The number of nitrogens with zero attached hydrogens (tertiary/aromatic N) is 1. The average Bonchev–Trinajstić information content (AvgIpc) is 2.08. The molecule has 0 bridgehead atoms. The van der Waals surface area contributed by atoms with Crippen molar-refractivity contribution >= 4 is 27.5 Å². The first-order valence-corrected chi connectivity index (χ1v) is 4.78. The molecule has 6 heteroatoms. The predicted molar refractivity (Wildman–Crippen MR) is 48.5 cm³/mol. The van der Waals surface area contributed by atoms with Gasteiger partial charge in [0, 0.05) is 10.9 Å². The van der Waals surface area contributed by atoms with E-state index in [4.69, 9.17) is 11.6 Å². The number of rotatable bonds is 2. The highest BCUT2D eigenvalue weighted by molar-refractivity contribution is 9.08. The second-order valence-electron chi connectivity index (χ2n) is 2.27. The normalized spacial score (nSPS) is 10.8. The van der Waals surface area contributed by atoms with E-state index in [1.54, 1.807) is 0 Å². The second-order valence-corrected chi connectivity index (χ2v) is 3.22. The maximum absolute atomic E-state index is 12.2. The van der Waals surface area contributed by atoms with Crippen molar-refractivity contribution in [2.24, 2.45) is 0 Å². The standard InChI is InChI=1S/C7H5BrClF2NO/c8-2-3-1-4(9)12-5(6(3)13)7(10)11/h1,7,13H,2H2. The van der Waals surface area contributed by atoms with Crippen LogP contribution in [0.3, 0.4) is 0 Å². The Morgan fingerprint density at radius 1 is 1.62 bits per heavy atom. The molecular weight excluding hydrogens is 267 g/mol. The second kappa shape index (κ2) is 4.19. The van der Waals surface area contributed by atoms with Gasteiger partial charge in [-0.05, 0) is 6.07 Å². The highest BCUT2D eigenvalue weighted by atomic mass is 79.9. The van der Waals surface area contributed by atoms with Gasteiger partial charge in [-0.2, -0.15) is 0 Å². The Morgan fingerprint density at radius 2 is 2.23 bits per heavy atom. The van der Waals surface area contributed by atoms with E-state index in [-0.39, 0.29) is 10.5 Å². The van der Waals surface area contributed by atoms with Crippen molar-refractivity contribution in [1.29, 1.82) is 0 Å². The van der Waals surface area contributed by atoms with Crippen LogP contribution in [0.25, 0.3) is 0 Å². The minimum absolute atomic E-state index is 0.0532. The third kappa shape index (κ3) is 2.28. The average molecular weight is 272 g/mol. The molecular formula is C7H5BrClF2NO. The van der Waals surface area contributed by atoms with Gasteiger partial charge in [-0.3, -0.25) is 0 Å². The van der Waals surface area contributed by atoms with Gasteiger partial charge < -0.3 is 5.11 Å². The quantitative estimate of drug-likeness (QED) is 0.662. The molecule has 0 aliphatic rings. The summed E-state index contributed by atoms with van der Waals surface area (Å²) in [6.45, 7) is 0. The van der Waals surface area contributed by atoms with Crippen molar-refractivity contribution < 1.29 is 13.9 Å². The topological polar surface area (TPSA) is 33.1 Å². The summed E-state index contributed by atoms with van der Waals surface area (Å²) in [5.74, 6) is -0.503. The van der Waals surface area contributed by atoms with Crippen LogP contribution in [0.5, 0.6) is 5.75 Å². The Hall–Kier alpha value is -0.420. The summed E-state index contributed by atoms with van der Waals surface area (Å²) in [4.78, 5) is 3.33. The molecule has 0 radical (unpaired) electrons. The van der Waals surface area contributed by atoms with Crippen LogP contribution >= 0.6 is 27.5 Å². The molecule has 1 rings (SSSR count). The summed E-state index contributed by atoms with van der Waals surface area (Å²) in [6, 6.07) is 1.33. The Balaban J connectivity index is 3.27. The van der Waals surface area contributed by atoms with E-state index in [0.717, 1.165) is 0 Å². The molecule has 0 amide bonds. The van der Waals surface area contributed by atoms with Crippen LogP contribution in [0.4, 0.5) is 8.78 Å². The molecule has 0 atom stereocenters. The van der Waals surface area contributed by atoms with Gasteiger partial charge in [0.1, 0.15) is 16.6 Å². The number of aromatic hydroxyl groups is 1. The van der Waals surface area contributed by atoms with Gasteiger partial charge >= 0.3 is 0 Å². The summed E-state index contributed by atoms with van der Waals surface area (Å²) in [6.07, 6.45) is -2.82. The third-order valence-corrected chi connectivity index (χ3v) is 2.22. The molecule has 72 valence electrons. The van der Waals surface area contributed by atoms with Crippen LogP contribution in [0.15, 0.2) is 6.07 Å². The summed E-state index contributed by atoms with van der Waals surface area (Å²) in [7, 11) is 0. The van der Waals surface area contributed by atoms with E-state index in [9.17, 15) is 13.9 Å². The number of halogens is 4. The highest BCUT2D eigenvalue weighted by Gasteiger charge is 2.18. The van der Waals surface area contributed by atoms with Gasteiger partial charge in [-0.1, -0.05) is 27.5 Å². The Bertz CT molecular complexity index is 322. The molecule has 13 heavy (non-hydrogen) atoms. The lowest BCUT2D eigenvalue weighted by atomic mass is 10.2.